The van der Waals surface area contributed by atoms with Crippen molar-refractivity contribution in [1.82, 2.24) is 0 Å². The number of fused-ring (bicyclic) bond motifs is 1. The SMILES string of the molecule is Fc1cccc2c[c]oc12. The highest BCUT2D eigenvalue weighted by atomic mass is 19.1. The number of hydrogen-bond acceptors (Lipinski definition) is 1. The molecule has 0 saturated carbocycles. The van der Waals surface area contributed by atoms with E-state index in [1.807, 2.05) is 0 Å². The van der Waals surface area contributed by atoms with E-state index in [2.05, 4.69) is 6.26 Å². The summed E-state index contributed by atoms with van der Waals surface area (Å²) >= 11 is 0. The zero-order valence-corrected chi connectivity index (χ0v) is 5.10. The van der Waals surface area contributed by atoms with E-state index in [1.54, 1.807) is 18.2 Å². The molecular weight excluding hydrogens is 131 g/mol. The lowest BCUT2D eigenvalue weighted by atomic mass is 10.2. The predicted octanol–water partition coefficient (Wildman–Crippen LogP) is 2.37. The zero-order valence-electron chi connectivity index (χ0n) is 5.10. The minimum absolute atomic E-state index is 0.280. The second-order valence-corrected chi connectivity index (χ2v) is 2.02. The summed E-state index contributed by atoms with van der Waals surface area (Å²) in [6.45, 7) is 0. The number of rotatable bonds is 0. The first-order valence-corrected chi connectivity index (χ1v) is 2.92. The normalized spacial score (nSPS) is 10.5. The van der Waals surface area contributed by atoms with Gasteiger partial charge in [0.15, 0.2) is 17.7 Å². The van der Waals surface area contributed by atoms with Gasteiger partial charge in [0, 0.05) is 5.39 Å². The van der Waals surface area contributed by atoms with Crippen LogP contribution in [-0.2, 0) is 0 Å². The fourth-order valence-corrected chi connectivity index (χ4v) is 0.899. The highest BCUT2D eigenvalue weighted by Crippen LogP contribution is 2.17. The van der Waals surface area contributed by atoms with E-state index in [1.165, 1.54) is 6.07 Å². The minimum Gasteiger partial charge on any atom is -0.450 e. The van der Waals surface area contributed by atoms with Gasteiger partial charge in [0.25, 0.3) is 0 Å². The van der Waals surface area contributed by atoms with Gasteiger partial charge < -0.3 is 4.42 Å². The Hall–Kier alpha value is -1.31. The summed E-state index contributed by atoms with van der Waals surface area (Å²) < 4.78 is 17.5. The van der Waals surface area contributed by atoms with E-state index in [4.69, 9.17) is 4.42 Å². The van der Waals surface area contributed by atoms with Crippen molar-refractivity contribution < 1.29 is 8.81 Å². The summed E-state index contributed by atoms with van der Waals surface area (Å²) in [5, 5.41) is 0.750. The Morgan fingerprint density at radius 3 is 3.10 bits per heavy atom. The van der Waals surface area contributed by atoms with E-state index in [0.717, 1.165) is 5.39 Å². The van der Waals surface area contributed by atoms with Crippen LogP contribution in [0.2, 0.25) is 0 Å². The average Bonchev–Trinajstić information content (AvgIpc) is 2.36. The molecule has 0 unspecified atom stereocenters. The topological polar surface area (TPSA) is 13.1 Å². The van der Waals surface area contributed by atoms with Crippen molar-refractivity contribution in [2.75, 3.05) is 0 Å². The third-order valence-corrected chi connectivity index (χ3v) is 1.37. The quantitative estimate of drug-likeness (QED) is 0.540. The fraction of sp³-hybridized carbons (Fsp3) is 0. The van der Waals surface area contributed by atoms with Gasteiger partial charge in [-0.25, -0.2) is 4.39 Å². The first kappa shape index (κ1) is 5.47. The summed E-state index contributed by atoms with van der Waals surface area (Å²) in [6, 6.07) is 6.39. The van der Waals surface area contributed by atoms with Crippen molar-refractivity contribution in [3.05, 3.63) is 36.3 Å². The molecule has 0 amide bonds. The molecule has 0 aliphatic heterocycles. The highest BCUT2D eigenvalue weighted by molar-refractivity contribution is 5.77. The number of para-hydroxylation sites is 1. The molecular formula is C8H4FO. The van der Waals surface area contributed by atoms with E-state index in [-0.39, 0.29) is 11.4 Å². The third-order valence-electron chi connectivity index (χ3n) is 1.37. The van der Waals surface area contributed by atoms with E-state index < -0.39 is 0 Å². The van der Waals surface area contributed by atoms with Gasteiger partial charge in [-0.05, 0) is 12.1 Å². The van der Waals surface area contributed by atoms with Crippen LogP contribution in [0.5, 0.6) is 0 Å². The number of hydrogen-bond donors (Lipinski definition) is 0. The fourth-order valence-electron chi connectivity index (χ4n) is 0.899. The molecule has 1 heterocycles. The lowest BCUT2D eigenvalue weighted by molar-refractivity contribution is 0.555. The highest BCUT2D eigenvalue weighted by Gasteiger charge is 2.00. The maximum atomic E-state index is 12.7. The smallest absolute Gasteiger partial charge is 0.170 e. The van der Waals surface area contributed by atoms with Crippen LogP contribution in [0.4, 0.5) is 4.39 Å². The Morgan fingerprint density at radius 2 is 2.30 bits per heavy atom. The molecule has 2 heteroatoms. The van der Waals surface area contributed by atoms with Gasteiger partial charge in [-0.1, -0.05) is 12.1 Å². The molecule has 1 nitrogen and oxygen atoms in total. The van der Waals surface area contributed by atoms with E-state index >= 15 is 0 Å². The molecule has 1 aromatic carbocycles. The Bertz CT molecular complexity index is 351. The maximum absolute atomic E-state index is 12.7. The molecule has 0 atom stereocenters. The second kappa shape index (κ2) is 1.84. The summed E-state index contributed by atoms with van der Waals surface area (Å²) in [5.74, 6) is -0.334. The van der Waals surface area contributed by atoms with Crippen LogP contribution >= 0.6 is 0 Å². The van der Waals surface area contributed by atoms with Crippen molar-refractivity contribution in [3.63, 3.8) is 0 Å². The van der Waals surface area contributed by atoms with Gasteiger partial charge in [-0.3, -0.25) is 0 Å². The molecule has 2 aromatic rings. The first-order chi connectivity index (χ1) is 4.88. The first-order valence-electron chi connectivity index (χ1n) is 2.92. The molecule has 1 radical (unpaired) electrons. The van der Waals surface area contributed by atoms with E-state index in [9.17, 15) is 4.39 Å². The number of furan rings is 1. The predicted molar refractivity (Wildman–Crippen MR) is 35.0 cm³/mol. The Labute approximate surface area is 57.1 Å². The van der Waals surface area contributed by atoms with Crippen molar-refractivity contribution in [3.8, 4) is 0 Å². The van der Waals surface area contributed by atoms with Crippen molar-refractivity contribution >= 4 is 11.0 Å². The molecule has 2 rings (SSSR count). The maximum Gasteiger partial charge on any atom is 0.170 e. The summed E-state index contributed by atoms with van der Waals surface area (Å²) in [6.07, 6.45) is 2.46. The molecule has 0 N–H and O–H groups in total. The van der Waals surface area contributed by atoms with Crippen molar-refractivity contribution in [1.29, 1.82) is 0 Å². The van der Waals surface area contributed by atoms with Crippen LogP contribution in [0.3, 0.4) is 0 Å². The molecule has 0 saturated heterocycles. The van der Waals surface area contributed by atoms with Crippen LogP contribution in [0.15, 0.2) is 28.7 Å². The molecule has 49 valence electrons. The lowest BCUT2D eigenvalue weighted by Crippen LogP contribution is -1.70. The molecule has 0 aliphatic rings. The van der Waals surface area contributed by atoms with Gasteiger partial charge in [0.2, 0.25) is 0 Å². The van der Waals surface area contributed by atoms with Crippen LogP contribution in [0.25, 0.3) is 11.0 Å². The van der Waals surface area contributed by atoms with E-state index in [0.29, 0.717) is 0 Å². The Kier molecular flexibility index (Phi) is 1.01. The Morgan fingerprint density at radius 1 is 1.40 bits per heavy atom. The molecule has 10 heavy (non-hydrogen) atoms. The van der Waals surface area contributed by atoms with Crippen LogP contribution in [0, 0.1) is 12.1 Å². The summed E-state index contributed by atoms with van der Waals surface area (Å²) in [4.78, 5) is 0. The summed E-state index contributed by atoms with van der Waals surface area (Å²) in [7, 11) is 0. The van der Waals surface area contributed by atoms with Crippen molar-refractivity contribution in [2.45, 2.75) is 0 Å². The zero-order chi connectivity index (χ0) is 6.97. The lowest BCUT2D eigenvalue weighted by Gasteiger charge is -1.86. The monoisotopic (exact) mass is 135 g/mol. The van der Waals surface area contributed by atoms with Crippen LogP contribution in [0.1, 0.15) is 0 Å². The number of benzene rings is 1. The van der Waals surface area contributed by atoms with Gasteiger partial charge in [-0.15, -0.1) is 0 Å². The third kappa shape index (κ3) is 0.620. The van der Waals surface area contributed by atoms with Crippen molar-refractivity contribution in [2.24, 2.45) is 0 Å². The van der Waals surface area contributed by atoms with Crippen LogP contribution in [-0.4, -0.2) is 0 Å². The molecule has 0 fully saturated rings. The molecule has 1 aromatic heterocycles. The molecule has 0 bridgehead atoms. The largest absolute Gasteiger partial charge is 0.450 e. The standard InChI is InChI=1S/C8H4FO/c9-7-3-1-2-6-4-5-10-8(6)7/h1-4H. The van der Waals surface area contributed by atoms with Crippen LogP contribution < -0.4 is 0 Å². The molecule has 0 spiro atoms. The minimum atomic E-state index is -0.334. The second-order valence-electron chi connectivity index (χ2n) is 2.02. The average molecular weight is 135 g/mol. The van der Waals surface area contributed by atoms with Gasteiger partial charge in [0.05, 0.1) is 0 Å². The van der Waals surface area contributed by atoms with Gasteiger partial charge in [0.1, 0.15) is 0 Å². The summed E-state index contributed by atoms with van der Waals surface area (Å²) in [5.41, 5.74) is 0.280. The number of halogens is 1. The van der Waals surface area contributed by atoms with Gasteiger partial charge >= 0.3 is 0 Å². The van der Waals surface area contributed by atoms with Gasteiger partial charge in [-0.2, -0.15) is 0 Å². The Balaban J connectivity index is 2.95. The molecule has 0 aliphatic carbocycles.